The Morgan fingerprint density at radius 1 is 1.12 bits per heavy atom. The van der Waals surface area contributed by atoms with Gasteiger partial charge in [0.15, 0.2) is 0 Å². The average Bonchev–Trinajstić information content (AvgIpc) is 2.63. The number of aryl methyl sites for hydroxylation is 1. The molecule has 24 heavy (non-hydrogen) atoms. The zero-order valence-corrected chi connectivity index (χ0v) is 15.5. The van der Waals surface area contributed by atoms with E-state index in [1.165, 1.54) is 23.5 Å². The summed E-state index contributed by atoms with van der Waals surface area (Å²) in [5, 5.41) is 2.94. The minimum atomic E-state index is -0.116. The Hall–Kier alpha value is -1.59. The first-order chi connectivity index (χ1) is 11.7. The van der Waals surface area contributed by atoms with E-state index in [0.717, 1.165) is 5.56 Å². The molecule has 0 atom stereocenters. The van der Waals surface area contributed by atoms with E-state index in [9.17, 15) is 4.79 Å². The Kier molecular flexibility index (Phi) is 5.74. The Morgan fingerprint density at radius 3 is 2.50 bits per heavy atom. The van der Waals surface area contributed by atoms with Crippen molar-refractivity contribution in [1.29, 1.82) is 0 Å². The quantitative estimate of drug-likeness (QED) is 0.822. The number of anilines is 1. The van der Waals surface area contributed by atoms with Gasteiger partial charge >= 0.3 is 0 Å². The number of thioether (sulfide) groups is 2. The van der Waals surface area contributed by atoms with Crippen LogP contribution in [0, 0.1) is 6.92 Å². The largest absolute Gasteiger partial charge is 0.495 e. The van der Waals surface area contributed by atoms with Crippen LogP contribution >= 0.6 is 23.5 Å². The van der Waals surface area contributed by atoms with E-state index in [-0.39, 0.29) is 5.91 Å². The highest BCUT2D eigenvalue weighted by molar-refractivity contribution is 8.16. The Balaban J connectivity index is 1.72. The van der Waals surface area contributed by atoms with Crippen molar-refractivity contribution in [2.45, 2.75) is 17.9 Å². The fourth-order valence-electron chi connectivity index (χ4n) is 2.59. The van der Waals surface area contributed by atoms with E-state index in [4.69, 9.17) is 4.74 Å². The maximum absolute atomic E-state index is 12.5. The molecule has 0 unspecified atom stereocenters. The minimum absolute atomic E-state index is 0.116. The summed E-state index contributed by atoms with van der Waals surface area (Å²) in [5.74, 6) is 2.98. The molecule has 0 aliphatic carbocycles. The van der Waals surface area contributed by atoms with Crippen LogP contribution in [-0.2, 0) is 0 Å². The molecule has 126 valence electrons. The molecule has 5 heteroatoms. The first kappa shape index (κ1) is 17.2. The number of carbonyl (C=O) groups excluding carboxylic acids is 1. The molecule has 0 saturated carbocycles. The lowest BCUT2D eigenvalue weighted by atomic mass is 10.1. The molecule has 3 nitrogen and oxygen atoms in total. The van der Waals surface area contributed by atoms with Crippen LogP contribution in [0.25, 0.3) is 0 Å². The third-order valence-electron chi connectivity index (χ3n) is 3.88. The van der Waals surface area contributed by atoms with Crippen LogP contribution in [0.1, 0.15) is 32.5 Å². The van der Waals surface area contributed by atoms with Crippen LogP contribution in [0.4, 0.5) is 5.69 Å². The van der Waals surface area contributed by atoms with Gasteiger partial charge in [0.05, 0.1) is 17.4 Å². The van der Waals surface area contributed by atoms with Gasteiger partial charge in [0.1, 0.15) is 5.75 Å². The summed E-state index contributed by atoms with van der Waals surface area (Å²) in [6.07, 6.45) is 1.28. The van der Waals surface area contributed by atoms with Gasteiger partial charge in [-0.25, -0.2) is 0 Å². The van der Waals surface area contributed by atoms with Crippen molar-refractivity contribution >= 4 is 35.1 Å². The summed E-state index contributed by atoms with van der Waals surface area (Å²) < 4.78 is 5.81. The molecule has 3 rings (SSSR count). The monoisotopic (exact) mass is 359 g/mol. The van der Waals surface area contributed by atoms with Crippen molar-refractivity contribution in [3.8, 4) is 5.75 Å². The number of nitrogens with one attached hydrogen (secondary N) is 1. The van der Waals surface area contributed by atoms with Gasteiger partial charge in [0.25, 0.3) is 5.91 Å². The van der Waals surface area contributed by atoms with E-state index in [1.54, 1.807) is 7.11 Å². The number of benzene rings is 2. The number of carbonyl (C=O) groups is 1. The molecule has 1 heterocycles. The van der Waals surface area contributed by atoms with Gasteiger partial charge in [-0.1, -0.05) is 18.2 Å². The fourth-order valence-corrected chi connectivity index (χ4v) is 5.48. The Morgan fingerprint density at radius 2 is 1.83 bits per heavy atom. The van der Waals surface area contributed by atoms with Gasteiger partial charge in [-0.15, -0.1) is 23.5 Å². The lowest BCUT2D eigenvalue weighted by molar-refractivity contribution is 0.102. The zero-order valence-electron chi connectivity index (χ0n) is 13.9. The number of hydrogen-bond acceptors (Lipinski definition) is 4. The minimum Gasteiger partial charge on any atom is -0.495 e. The zero-order chi connectivity index (χ0) is 16.9. The summed E-state index contributed by atoms with van der Waals surface area (Å²) in [5.41, 5.74) is 3.72. The lowest BCUT2D eigenvalue weighted by Gasteiger charge is -2.21. The normalized spacial score (nSPS) is 15.1. The Labute approximate surface area is 151 Å². The van der Waals surface area contributed by atoms with E-state index in [1.807, 2.05) is 60.8 Å². The van der Waals surface area contributed by atoms with E-state index < -0.39 is 0 Å². The highest BCUT2D eigenvalue weighted by Crippen LogP contribution is 2.43. The van der Waals surface area contributed by atoms with Crippen LogP contribution in [-0.4, -0.2) is 24.5 Å². The van der Waals surface area contributed by atoms with Gasteiger partial charge in [0.2, 0.25) is 0 Å². The van der Waals surface area contributed by atoms with Gasteiger partial charge in [-0.05, 0) is 60.2 Å². The van der Waals surface area contributed by atoms with Crippen LogP contribution in [0.15, 0.2) is 42.5 Å². The molecular weight excluding hydrogens is 338 g/mol. The molecule has 0 aromatic heterocycles. The molecule has 1 aliphatic heterocycles. The molecule has 2 aromatic carbocycles. The maximum Gasteiger partial charge on any atom is 0.255 e. The smallest absolute Gasteiger partial charge is 0.255 e. The van der Waals surface area contributed by atoms with E-state index in [0.29, 0.717) is 21.6 Å². The number of methoxy groups -OCH3 is 1. The molecule has 1 N–H and O–H groups in total. The highest BCUT2D eigenvalue weighted by atomic mass is 32.2. The first-order valence-electron chi connectivity index (χ1n) is 7.96. The van der Waals surface area contributed by atoms with E-state index in [2.05, 4.69) is 17.4 Å². The van der Waals surface area contributed by atoms with Gasteiger partial charge in [-0.2, -0.15) is 0 Å². The maximum atomic E-state index is 12.5. The fraction of sp³-hybridized carbons (Fsp3) is 0.316. The lowest BCUT2D eigenvalue weighted by Crippen LogP contribution is -2.13. The molecule has 1 fully saturated rings. The predicted molar refractivity (Wildman–Crippen MR) is 104 cm³/mol. The summed E-state index contributed by atoms with van der Waals surface area (Å²) in [6.45, 7) is 1.99. The summed E-state index contributed by atoms with van der Waals surface area (Å²) >= 11 is 3.97. The molecule has 1 aliphatic rings. The van der Waals surface area contributed by atoms with Crippen molar-refractivity contribution in [3.05, 3.63) is 59.2 Å². The average molecular weight is 360 g/mol. The molecule has 1 saturated heterocycles. The second-order valence-corrected chi connectivity index (χ2v) is 8.43. The summed E-state index contributed by atoms with van der Waals surface area (Å²) in [6, 6.07) is 13.7. The summed E-state index contributed by atoms with van der Waals surface area (Å²) in [7, 11) is 1.61. The van der Waals surface area contributed by atoms with Crippen LogP contribution in [0.3, 0.4) is 0 Å². The molecule has 0 radical (unpaired) electrons. The van der Waals surface area contributed by atoms with Crippen molar-refractivity contribution in [1.82, 2.24) is 0 Å². The molecular formula is C19H21NO2S2. The van der Waals surface area contributed by atoms with Crippen molar-refractivity contribution < 1.29 is 9.53 Å². The third kappa shape index (κ3) is 4.08. The summed E-state index contributed by atoms with van der Waals surface area (Å²) in [4.78, 5) is 12.5. The number of amides is 1. The number of hydrogen-bond donors (Lipinski definition) is 1. The second-order valence-electron chi connectivity index (χ2n) is 5.71. The van der Waals surface area contributed by atoms with Gasteiger partial charge < -0.3 is 10.1 Å². The topological polar surface area (TPSA) is 38.3 Å². The number of rotatable bonds is 4. The van der Waals surface area contributed by atoms with Crippen molar-refractivity contribution in [3.63, 3.8) is 0 Å². The molecule has 2 aromatic rings. The Bertz CT molecular complexity index is 710. The van der Waals surface area contributed by atoms with E-state index >= 15 is 0 Å². The van der Waals surface area contributed by atoms with Crippen LogP contribution in [0.2, 0.25) is 0 Å². The van der Waals surface area contributed by atoms with Gasteiger partial charge in [0, 0.05) is 5.56 Å². The molecule has 0 bridgehead atoms. The van der Waals surface area contributed by atoms with Crippen molar-refractivity contribution in [2.75, 3.05) is 23.9 Å². The second kappa shape index (κ2) is 7.99. The van der Waals surface area contributed by atoms with Crippen LogP contribution < -0.4 is 10.1 Å². The molecule has 1 amide bonds. The predicted octanol–water partition coefficient (Wildman–Crippen LogP) is 5.12. The highest BCUT2D eigenvalue weighted by Gasteiger charge is 2.17. The standard InChI is InChI=1S/C19H21NO2S2/c1-13-4-9-17(22-2)16(12-13)20-18(21)14-5-7-15(8-6-14)19-23-10-3-11-24-19/h4-9,12,19H,3,10-11H2,1-2H3,(H,20,21). The van der Waals surface area contributed by atoms with Gasteiger partial charge in [-0.3, -0.25) is 4.79 Å². The van der Waals surface area contributed by atoms with Crippen LogP contribution in [0.5, 0.6) is 5.75 Å². The molecule has 0 spiro atoms. The first-order valence-corrected chi connectivity index (χ1v) is 10.1. The third-order valence-corrected chi connectivity index (χ3v) is 6.89. The number of ether oxygens (including phenoxy) is 1. The van der Waals surface area contributed by atoms with Crippen molar-refractivity contribution in [2.24, 2.45) is 0 Å². The SMILES string of the molecule is COc1ccc(C)cc1NC(=O)c1ccc(C2SCCCS2)cc1.